The molecule has 3 heterocycles. The van der Waals surface area contributed by atoms with E-state index in [0.717, 1.165) is 32.8 Å². The van der Waals surface area contributed by atoms with Gasteiger partial charge in [0.2, 0.25) is 0 Å². The molecule has 0 aromatic carbocycles. The second kappa shape index (κ2) is 6.69. The van der Waals surface area contributed by atoms with Gasteiger partial charge in [0.25, 0.3) is 0 Å². The van der Waals surface area contributed by atoms with Gasteiger partial charge in [-0.3, -0.25) is 4.90 Å². The van der Waals surface area contributed by atoms with Crippen molar-refractivity contribution in [2.45, 2.75) is 45.4 Å². The maximum Gasteiger partial charge on any atom is 0.487 e. The van der Waals surface area contributed by atoms with Crippen molar-refractivity contribution in [1.29, 1.82) is 0 Å². The Morgan fingerprint density at radius 1 is 1.17 bits per heavy atom. The zero-order valence-corrected chi connectivity index (χ0v) is 15.3. The summed E-state index contributed by atoms with van der Waals surface area (Å²) in [5, 5.41) is 2.19. The zero-order chi connectivity index (χ0) is 16.5. The summed E-state index contributed by atoms with van der Waals surface area (Å²) < 4.78 is 17.4. The Morgan fingerprint density at radius 3 is 2.48 bits per heavy atom. The van der Waals surface area contributed by atoms with Gasteiger partial charge >= 0.3 is 7.12 Å². The van der Waals surface area contributed by atoms with Gasteiger partial charge in [0.1, 0.15) is 0 Å². The molecule has 6 heteroatoms. The minimum absolute atomic E-state index is 0.275. The minimum Gasteiger partial charge on any atom is -0.400 e. The molecule has 23 heavy (non-hydrogen) atoms. The largest absolute Gasteiger partial charge is 0.487 e. The van der Waals surface area contributed by atoms with E-state index < -0.39 is 0 Å². The summed E-state index contributed by atoms with van der Waals surface area (Å²) in [5.74, 6) is 2.01. The Morgan fingerprint density at radius 2 is 1.83 bits per heavy atom. The van der Waals surface area contributed by atoms with Crippen LogP contribution in [0.25, 0.3) is 6.08 Å². The Balaban J connectivity index is 1.56. The van der Waals surface area contributed by atoms with Crippen molar-refractivity contribution in [2.75, 3.05) is 26.3 Å². The molecule has 2 aliphatic rings. The van der Waals surface area contributed by atoms with E-state index in [4.69, 9.17) is 14.0 Å². The fraction of sp³-hybridized carbons (Fsp3) is 0.647. The Bertz CT molecular complexity index is 548. The van der Waals surface area contributed by atoms with Crippen LogP contribution < -0.4 is 0 Å². The lowest BCUT2D eigenvalue weighted by Crippen LogP contribution is -2.41. The number of hydrogen-bond acceptors (Lipinski definition) is 5. The van der Waals surface area contributed by atoms with Crippen LogP contribution in [0.5, 0.6) is 0 Å². The number of thiophene rings is 1. The molecule has 0 saturated carbocycles. The van der Waals surface area contributed by atoms with Crippen LogP contribution in [0, 0.1) is 0 Å². The van der Waals surface area contributed by atoms with Gasteiger partial charge in [-0.15, -0.1) is 11.3 Å². The lowest BCUT2D eigenvalue weighted by atomic mass is 9.89. The molecule has 0 radical (unpaired) electrons. The lowest BCUT2D eigenvalue weighted by molar-refractivity contribution is 0.00578. The van der Waals surface area contributed by atoms with Crippen molar-refractivity contribution < 1.29 is 14.0 Å². The van der Waals surface area contributed by atoms with Crippen LogP contribution in [0.1, 0.15) is 38.1 Å². The van der Waals surface area contributed by atoms with Crippen LogP contribution in [0.15, 0.2) is 17.4 Å². The average Bonchev–Trinajstić information content (AvgIpc) is 3.00. The number of ether oxygens (including phenoxy) is 1. The predicted octanol–water partition coefficient (Wildman–Crippen LogP) is 3.22. The minimum atomic E-state index is -0.280. The van der Waals surface area contributed by atoms with Crippen LogP contribution >= 0.6 is 11.3 Å². The predicted molar refractivity (Wildman–Crippen MR) is 95.5 cm³/mol. The monoisotopic (exact) mass is 335 g/mol. The summed E-state index contributed by atoms with van der Waals surface area (Å²) >= 11 is 1.81. The molecule has 2 saturated heterocycles. The summed E-state index contributed by atoms with van der Waals surface area (Å²) in [6.07, 6.45) is 2.10. The van der Waals surface area contributed by atoms with Gasteiger partial charge in [-0.1, -0.05) is 12.1 Å². The van der Waals surface area contributed by atoms with Crippen LogP contribution in [0.3, 0.4) is 0 Å². The van der Waals surface area contributed by atoms with E-state index in [1.54, 1.807) is 0 Å². The summed E-state index contributed by atoms with van der Waals surface area (Å²) in [7, 11) is -0.275. The highest BCUT2D eigenvalue weighted by Crippen LogP contribution is 2.37. The molecule has 0 spiro atoms. The highest BCUT2D eigenvalue weighted by Gasteiger charge is 2.49. The number of rotatable bonds is 4. The quantitative estimate of drug-likeness (QED) is 0.791. The molecule has 4 nitrogen and oxygen atoms in total. The third-order valence-electron chi connectivity index (χ3n) is 4.87. The Labute approximate surface area is 143 Å². The molecule has 1 aromatic heterocycles. The molecule has 0 atom stereocenters. The summed E-state index contributed by atoms with van der Waals surface area (Å²) in [6, 6.07) is 2.25. The first-order chi connectivity index (χ1) is 10.9. The maximum absolute atomic E-state index is 5.99. The van der Waals surface area contributed by atoms with E-state index in [9.17, 15) is 0 Å². The maximum atomic E-state index is 5.99. The van der Waals surface area contributed by atoms with Gasteiger partial charge in [0, 0.05) is 24.5 Å². The van der Waals surface area contributed by atoms with Gasteiger partial charge in [-0.2, -0.15) is 0 Å². The van der Waals surface area contributed by atoms with E-state index in [1.807, 2.05) is 17.3 Å². The fourth-order valence-corrected chi connectivity index (χ4v) is 3.60. The molecule has 2 aliphatic heterocycles. The van der Waals surface area contributed by atoms with Gasteiger partial charge in [0.05, 0.1) is 24.4 Å². The topological polar surface area (TPSA) is 30.9 Å². The van der Waals surface area contributed by atoms with Crippen LogP contribution in [-0.4, -0.2) is 49.5 Å². The van der Waals surface area contributed by atoms with E-state index >= 15 is 0 Å². The van der Waals surface area contributed by atoms with Crippen LogP contribution in [0.4, 0.5) is 0 Å². The Kier molecular flexibility index (Phi) is 5.00. The lowest BCUT2D eigenvalue weighted by Gasteiger charge is -2.32. The molecule has 0 amide bonds. The standard InChI is InChI=1S/C17H26BNO3S/c1-16(2)17(3,4)22-18(21-16)6-5-14-11-15(23-13-14)12-19-7-9-20-10-8-19/h5-6,11,13H,7-10,12H2,1-4H3/b6-5+. The SMILES string of the molecule is CC1(C)OB(/C=C/c2csc(CN3CCOCC3)c2)OC1(C)C. The number of morpholine rings is 1. The molecule has 3 rings (SSSR count). The molecular formula is C17H26BNO3S. The van der Waals surface area contributed by atoms with Crippen molar-refractivity contribution in [1.82, 2.24) is 4.90 Å². The Hall–Kier alpha value is -0.655. The summed E-state index contributed by atoms with van der Waals surface area (Å²) in [6.45, 7) is 13.1. The summed E-state index contributed by atoms with van der Waals surface area (Å²) in [4.78, 5) is 3.83. The first kappa shape index (κ1) is 17.2. The normalized spacial score (nSPS) is 24.6. The van der Waals surface area contributed by atoms with Crippen LogP contribution in [-0.2, 0) is 20.6 Å². The highest BCUT2D eigenvalue weighted by molar-refractivity contribution is 7.10. The third kappa shape index (κ3) is 4.06. The van der Waals surface area contributed by atoms with Gasteiger partial charge in [-0.05, 0) is 44.7 Å². The van der Waals surface area contributed by atoms with Crippen molar-refractivity contribution in [3.8, 4) is 0 Å². The molecule has 0 unspecified atom stereocenters. The van der Waals surface area contributed by atoms with Crippen molar-refractivity contribution in [2.24, 2.45) is 0 Å². The smallest absolute Gasteiger partial charge is 0.400 e. The molecule has 1 aromatic rings. The first-order valence-electron chi connectivity index (χ1n) is 8.27. The number of hydrogen-bond donors (Lipinski definition) is 0. The average molecular weight is 335 g/mol. The van der Waals surface area contributed by atoms with E-state index in [2.05, 4.69) is 50.1 Å². The molecule has 0 N–H and O–H groups in total. The van der Waals surface area contributed by atoms with Crippen LogP contribution in [0.2, 0.25) is 0 Å². The van der Waals surface area contributed by atoms with Gasteiger partial charge in [0.15, 0.2) is 0 Å². The zero-order valence-electron chi connectivity index (χ0n) is 14.5. The number of nitrogens with zero attached hydrogens (tertiary/aromatic N) is 1. The molecular weight excluding hydrogens is 309 g/mol. The van der Waals surface area contributed by atoms with E-state index in [0.29, 0.717) is 0 Å². The van der Waals surface area contributed by atoms with E-state index in [1.165, 1.54) is 10.4 Å². The molecule has 2 fully saturated rings. The van der Waals surface area contributed by atoms with Crippen molar-refractivity contribution in [3.63, 3.8) is 0 Å². The van der Waals surface area contributed by atoms with E-state index in [-0.39, 0.29) is 18.3 Å². The summed E-state index contributed by atoms with van der Waals surface area (Å²) in [5.41, 5.74) is 0.656. The fourth-order valence-electron chi connectivity index (χ4n) is 2.70. The first-order valence-corrected chi connectivity index (χ1v) is 9.15. The second-order valence-corrected chi connectivity index (χ2v) is 8.21. The third-order valence-corrected chi connectivity index (χ3v) is 5.81. The molecule has 126 valence electrons. The second-order valence-electron chi connectivity index (χ2n) is 7.22. The van der Waals surface area contributed by atoms with Crippen molar-refractivity contribution >= 4 is 24.5 Å². The highest BCUT2D eigenvalue weighted by atomic mass is 32.1. The van der Waals surface area contributed by atoms with Gasteiger partial charge < -0.3 is 14.0 Å². The van der Waals surface area contributed by atoms with Crippen molar-refractivity contribution in [3.05, 3.63) is 27.9 Å². The van der Waals surface area contributed by atoms with Gasteiger partial charge in [-0.25, -0.2) is 0 Å². The molecule has 0 bridgehead atoms. The molecule has 0 aliphatic carbocycles.